The minimum atomic E-state index is -0.608. The normalized spacial score (nSPS) is 20.4. The van der Waals surface area contributed by atoms with Gasteiger partial charge in [0.2, 0.25) is 5.91 Å². The Morgan fingerprint density at radius 1 is 1.14 bits per heavy atom. The molecule has 1 atom stereocenters. The summed E-state index contributed by atoms with van der Waals surface area (Å²) in [6, 6.07) is 5.94. The van der Waals surface area contributed by atoms with Crippen molar-refractivity contribution in [3.8, 4) is 0 Å². The topological polar surface area (TPSA) is 81.4 Å². The first-order chi connectivity index (χ1) is 17.4. The quantitative estimate of drug-likeness (QED) is 0.342. The van der Waals surface area contributed by atoms with Crippen LogP contribution in [0, 0.1) is 31.6 Å². The van der Waals surface area contributed by atoms with E-state index in [9.17, 15) is 9.59 Å². The molecule has 0 aliphatic heterocycles. The molecule has 6 heteroatoms. The summed E-state index contributed by atoms with van der Waals surface area (Å²) in [6.07, 6.45) is 6.20. The van der Waals surface area contributed by atoms with Crippen LogP contribution in [0.25, 0.3) is 0 Å². The number of rotatable bonds is 10. The van der Waals surface area contributed by atoms with Gasteiger partial charge in [0, 0.05) is 23.6 Å². The van der Waals surface area contributed by atoms with Gasteiger partial charge in [0.05, 0.1) is 18.0 Å². The fraction of sp³-hybridized carbons (Fsp3) is 0.645. The van der Waals surface area contributed by atoms with E-state index in [-0.39, 0.29) is 18.3 Å². The molecule has 2 aliphatic carbocycles. The maximum atomic E-state index is 13.5. The summed E-state index contributed by atoms with van der Waals surface area (Å²) in [5, 5.41) is 7.56. The van der Waals surface area contributed by atoms with Crippen LogP contribution in [0.2, 0.25) is 0 Å². The number of benzene rings is 1. The molecule has 1 N–H and O–H groups in total. The Morgan fingerprint density at radius 2 is 1.84 bits per heavy atom. The van der Waals surface area contributed by atoms with Gasteiger partial charge in [0.15, 0.2) is 0 Å². The van der Waals surface area contributed by atoms with Crippen molar-refractivity contribution < 1.29 is 18.8 Å². The molecule has 6 nitrogen and oxygen atoms in total. The number of hydrogen-bond acceptors (Lipinski definition) is 5. The molecule has 37 heavy (non-hydrogen) atoms. The van der Waals surface area contributed by atoms with Crippen LogP contribution in [0.15, 0.2) is 22.7 Å². The average molecular weight is 509 g/mol. The van der Waals surface area contributed by atoms with Crippen molar-refractivity contribution >= 4 is 17.6 Å². The first-order valence-electron chi connectivity index (χ1n) is 14.0. The minimum Gasteiger partial charge on any atom is -0.460 e. The number of ether oxygens (including phenoxy) is 1. The second-order valence-electron chi connectivity index (χ2n) is 12.8. The maximum absolute atomic E-state index is 13.5. The number of amides is 1. The molecule has 2 saturated carbocycles. The summed E-state index contributed by atoms with van der Waals surface area (Å²) in [6.45, 7) is 14.1. The number of carbonyl (C=O) groups excluding carboxylic acids is 2. The summed E-state index contributed by atoms with van der Waals surface area (Å²) in [7, 11) is 0. The first kappa shape index (κ1) is 27.4. The molecule has 0 saturated heterocycles. The Labute approximate surface area is 221 Å². The van der Waals surface area contributed by atoms with Gasteiger partial charge in [-0.25, -0.2) is 0 Å². The Balaban J connectivity index is 1.54. The fourth-order valence-corrected chi connectivity index (χ4v) is 5.67. The van der Waals surface area contributed by atoms with Gasteiger partial charge in [0.1, 0.15) is 11.4 Å². The molecule has 2 aliphatic rings. The minimum absolute atomic E-state index is 0.000202. The highest BCUT2D eigenvalue weighted by Crippen LogP contribution is 2.51. The Hall–Kier alpha value is -2.63. The second-order valence-corrected chi connectivity index (χ2v) is 12.8. The van der Waals surface area contributed by atoms with Crippen LogP contribution in [-0.4, -0.2) is 22.6 Å². The zero-order chi connectivity index (χ0) is 26.9. The molecule has 202 valence electrons. The van der Waals surface area contributed by atoms with Crippen molar-refractivity contribution in [2.24, 2.45) is 17.8 Å². The van der Waals surface area contributed by atoms with Crippen LogP contribution < -0.4 is 5.32 Å². The van der Waals surface area contributed by atoms with Gasteiger partial charge in [-0.05, 0) is 96.1 Å². The molecule has 0 spiro atoms. The average Bonchev–Trinajstić information content (AvgIpc) is 3.50. The Bertz CT molecular complexity index is 1120. The molecule has 0 unspecified atom stereocenters. The van der Waals surface area contributed by atoms with Crippen LogP contribution in [0.1, 0.15) is 113 Å². The molecule has 1 heterocycles. The highest BCUT2D eigenvalue weighted by atomic mass is 16.6. The summed E-state index contributed by atoms with van der Waals surface area (Å²) in [4.78, 5) is 26.3. The molecular formula is C31H44N2O4. The lowest BCUT2D eigenvalue weighted by molar-refractivity contribution is -0.157. The third-order valence-electron chi connectivity index (χ3n) is 7.51. The van der Waals surface area contributed by atoms with Crippen molar-refractivity contribution in [3.05, 3.63) is 46.3 Å². The van der Waals surface area contributed by atoms with Crippen LogP contribution in [-0.2, 0) is 20.7 Å². The van der Waals surface area contributed by atoms with E-state index in [1.807, 2.05) is 52.8 Å². The third kappa shape index (κ3) is 7.24. The Kier molecular flexibility index (Phi) is 8.15. The van der Waals surface area contributed by atoms with Crippen molar-refractivity contribution in [1.82, 2.24) is 5.16 Å². The lowest BCUT2D eigenvalue weighted by Crippen LogP contribution is -2.31. The van der Waals surface area contributed by atoms with Gasteiger partial charge < -0.3 is 14.6 Å². The lowest BCUT2D eigenvalue weighted by Gasteiger charge is -2.35. The summed E-state index contributed by atoms with van der Waals surface area (Å²) in [5.74, 6) is 2.23. The smallest absolute Gasteiger partial charge is 0.307 e. The third-order valence-corrected chi connectivity index (χ3v) is 7.51. The number of aryl methyl sites for hydroxylation is 2. The number of nitrogens with one attached hydrogen (secondary N) is 1. The highest BCUT2D eigenvalue weighted by Gasteiger charge is 2.41. The van der Waals surface area contributed by atoms with Gasteiger partial charge >= 0.3 is 5.97 Å². The SMILES string of the molecule is Cc1ccc(NC(=O)[C@@H](CC(=O)OC(C)(C)C)Cc2noc(C3CC(CC(C)C)C3)c2C2CC2)c(C)c1. The molecule has 1 aromatic heterocycles. The monoisotopic (exact) mass is 508 g/mol. The van der Waals surface area contributed by atoms with Gasteiger partial charge in [-0.15, -0.1) is 0 Å². The number of aromatic nitrogens is 1. The predicted molar refractivity (Wildman–Crippen MR) is 146 cm³/mol. The van der Waals surface area contributed by atoms with Gasteiger partial charge in [0.25, 0.3) is 0 Å². The van der Waals surface area contributed by atoms with E-state index >= 15 is 0 Å². The van der Waals surface area contributed by atoms with E-state index in [0.717, 1.165) is 59.9 Å². The van der Waals surface area contributed by atoms with Crippen molar-refractivity contribution in [2.75, 3.05) is 5.32 Å². The van der Waals surface area contributed by atoms with E-state index in [2.05, 4.69) is 24.3 Å². The van der Waals surface area contributed by atoms with E-state index in [4.69, 9.17) is 9.26 Å². The predicted octanol–water partition coefficient (Wildman–Crippen LogP) is 7.24. The van der Waals surface area contributed by atoms with Crippen molar-refractivity contribution in [1.29, 1.82) is 0 Å². The highest BCUT2D eigenvalue weighted by molar-refractivity contribution is 5.95. The summed E-state index contributed by atoms with van der Waals surface area (Å²) < 4.78 is 11.6. The largest absolute Gasteiger partial charge is 0.460 e. The van der Waals surface area contributed by atoms with E-state index in [1.165, 1.54) is 12.0 Å². The zero-order valence-corrected chi connectivity index (χ0v) is 23.6. The molecule has 2 aromatic rings. The zero-order valence-electron chi connectivity index (χ0n) is 23.6. The molecule has 1 aromatic carbocycles. The second kappa shape index (κ2) is 11.0. The van der Waals surface area contributed by atoms with Gasteiger partial charge in [-0.1, -0.05) is 36.7 Å². The van der Waals surface area contributed by atoms with Crippen LogP contribution in [0.4, 0.5) is 5.69 Å². The molecule has 2 fully saturated rings. The van der Waals surface area contributed by atoms with Gasteiger partial charge in [-0.2, -0.15) is 0 Å². The lowest BCUT2D eigenvalue weighted by atomic mass is 9.69. The standard InChI is InChI=1S/C31H44N2O4/c1-18(2)12-21-14-23(15-21)29-28(22-9-10-22)26(33-37-29)16-24(17-27(34)36-31(5,6)7)30(35)32-25-11-8-19(3)13-20(25)4/h8,11,13,18,21-24H,9-10,12,14-17H2,1-7H3,(H,32,35)/t21?,23?,24-/m1/s1. The Morgan fingerprint density at radius 3 is 2.43 bits per heavy atom. The number of hydrogen-bond donors (Lipinski definition) is 1. The summed E-state index contributed by atoms with van der Waals surface area (Å²) in [5.41, 5.74) is 4.33. The summed E-state index contributed by atoms with van der Waals surface area (Å²) >= 11 is 0. The van der Waals surface area contributed by atoms with Crippen molar-refractivity contribution in [3.63, 3.8) is 0 Å². The fourth-order valence-electron chi connectivity index (χ4n) is 5.67. The molecule has 0 radical (unpaired) electrons. The van der Waals surface area contributed by atoms with Crippen molar-refractivity contribution in [2.45, 2.75) is 111 Å². The number of nitrogens with zero attached hydrogens (tertiary/aromatic N) is 1. The number of esters is 1. The molecule has 0 bridgehead atoms. The maximum Gasteiger partial charge on any atom is 0.307 e. The number of anilines is 1. The van der Waals surface area contributed by atoms with E-state index in [1.54, 1.807) is 0 Å². The van der Waals surface area contributed by atoms with Crippen LogP contribution in [0.3, 0.4) is 0 Å². The van der Waals surface area contributed by atoms with E-state index in [0.29, 0.717) is 24.2 Å². The van der Waals surface area contributed by atoms with E-state index < -0.39 is 11.5 Å². The van der Waals surface area contributed by atoms with Crippen LogP contribution in [0.5, 0.6) is 0 Å². The first-order valence-corrected chi connectivity index (χ1v) is 14.0. The molecule has 1 amide bonds. The molecule has 4 rings (SSSR count). The number of carbonyl (C=O) groups is 2. The van der Waals surface area contributed by atoms with Crippen LogP contribution >= 0.6 is 0 Å². The molecular weight excluding hydrogens is 464 g/mol. The van der Waals surface area contributed by atoms with Gasteiger partial charge in [-0.3, -0.25) is 9.59 Å².